The number of rotatable bonds is 5. The van der Waals surface area contributed by atoms with Crippen LogP contribution in [0.25, 0.3) is 0 Å². The van der Waals surface area contributed by atoms with Crippen molar-refractivity contribution in [3.05, 3.63) is 35.4 Å². The van der Waals surface area contributed by atoms with Gasteiger partial charge in [-0.25, -0.2) is 0 Å². The zero-order chi connectivity index (χ0) is 10.4. The van der Waals surface area contributed by atoms with Crippen LogP contribution >= 0.6 is 0 Å². The first-order chi connectivity index (χ1) is 6.75. The van der Waals surface area contributed by atoms with Gasteiger partial charge in [0.05, 0.1) is 0 Å². The molecule has 0 aromatic heterocycles. The fourth-order valence-corrected chi connectivity index (χ4v) is 3.61. The second-order valence-electron chi connectivity index (χ2n) is 3.24. The van der Waals surface area contributed by atoms with E-state index in [4.69, 9.17) is 8.81 Å². The molecule has 1 aromatic carbocycles. The van der Waals surface area contributed by atoms with Crippen LogP contribution in [-0.2, 0) is 7.51 Å². The summed E-state index contributed by atoms with van der Waals surface area (Å²) in [5.41, 5.74) is 8.55. The minimum Gasteiger partial charge on any atom is -1.00 e. The smallest absolute Gasteiger partial charge is 1.00 e. The molecular formula is C11H17Br2NOSn. The molecule has 5 heteroatoms. The maximum absolute atomic E-state index is 5.90. The first-order valence-electron chi connectivity index (χ1n) is 4.93. The summed E-state index contributed by atoms with van der Waals surface area (Å²) in [6.45, 7) is 4.94. The van der Waals surface area contributed by atoms with Gasteiger partial charge in [-0.05, 0) is 0 Å². The van der Waals surface area contributed by atoms with Gasteiger partial charge >= 0.3 is 96.7 Å². The Hall–Kier alpha value is 0.899. The van der Waals surface area contributed by atoms with Crippen LogP contribution in [0.2, 0.25) is 0 Å². The van der Waals surface area contributed by atoms with Crippen molar-refractivity contribution in [3.63, 3.8) is 0 Å². The molecule has 2 nitrogen and oxygen atoms in total. The monoisotopic (exact) mass is 457 g/mol. The molecule has 0 aliphatic rings. The predicted molar refractivity (Wildman–Crippen MR) is 60.1 cm³/mol. The van der Waals surface area contributed by atoms with Crippen molar-refractivity contribution >= 4 is 21.6 Å². The molecule has 1 atom stereocenters. The van der Waals surface area contributed by atoms with E-state index in [-0.39, 0.29) is 40.0 Å². The SMILES string of the molecule is CC[O][Sn+2][CH2]c1ccccc1C(C)N.[Br-].[Br-]. The molecule has 0 aliphatic carbocycles. The van der Waals surface area contributed by atoms with E-state index in [2.05, 4.69) is 25.1 Å². The maximum Gasteiger partial charge on any atom is -1.00 e. The summed E-state index contributed by atoms with van der Waals surface area (Å²) in [7, 11) is 0. The van der Waals surface area contributed by atoms with Crippen LogP contribution in [0.1, 0.15) is 31.0 Å². The molecule has 0 fully saturated rings. The Morgan fingerprint density at radius 2 is 1.94 bits per heavy atom. The van der Waals surface area contributed by atoms with Gasteiger partial charge in [0.15, 0.2) is 0 Å². The zero-order valence-electron chi connectivity index (χ0n) is 9.54. The Morgan fingerprint density at radius 1 is 1.31 bits per heavy atom. The molecule has 1 unspecified atom stereocenters. The number of nitrogens with two attached hydrogens (primary N) is 1. The average molecular weight is 458 g/mol. The van der Waals surface area contributed by atoms with E-state index >= 15 is 0 Å². The van der Waals surface area contributed by atoms with Crippen LogP contribution in [-0.4, -0.2) is 28.2 Å². The van der Waals surface area contributed by atoms with Gasteiger partial charge in [-0.1, -0.05) is 0 Å². The van der Waals surface area contributed by atoms with E-state index in [0.29, 0.717) is 0 Å². The number of hydrogen-bond donors (Lipinski definition) is 1. The summed E-state index contributed by atoms with van der Waals surface area (Å²) in [4.78, 5) is 0. The average Bonchev–Trinajstić information content (AvgIpc) is 2.19. The van der Waals surface area contributed by atoms with Crippen LogP contribution in [0.15, 0.2) is 24.3 Å². The van der Waals surface area contributed by atoms with Crippen molar-refractivity contribution in [1.29, 1.82) is 0 Å². The third-order valence-electron chi connectivity index (χ3n) is 2.05. The van der Waals surface area contributed by atoms with Crippen molar-refractivity contribution < 1.29 is 37.0 Å². The number of hydrogen-bond acceptors (Lipinski definition) is 2. The topological polar surface area (TPSA) is 35.2 Å². The van der Waals surface area contributed by atoms with Crippen molar-refractivity contribution in [2.75, 3.05) is 6.61 Å². The second-order valence-corrected chi connectivity index (χ2v) is 5.90. The van der Waals surface area contributed by atoms with E-state index in [0.717, 1.165) is 11.0 Å². The zero-order valence-corrected chi connectivity index (χ0v) is 15.6. The summed E-state index contributed by atoms with van der Waals surface area (Å²) in [6.07, 6.45) is 0. The first kappa shape index (κ1) is 19.2. The molecule has 1 aromatic rings. The standard InChI is InChI=1S/C9H12N.C2H5O.2BrH.Sn/c1-7-5-3-4-6-9(7)8(2)10;1-2-3;;;/h3-6,8H,1,10H2,2H3;2H2,1H3;2*1H;/q;-1;;;+3/p-2. The molecule has 0 radical (unpaired) electrons. The van der Waals surface area contributed by atoms with Gasteiger partial charge in [0.25, 0.3) is 0 Å². The third-order valence-corrected chi connectivity index (χ3v) is 4.96. The second kappa shape index (κ2) is 11.0. The molecule has 16 heavy (non-hydrogen) atoms. The van der Waals surface area contributed by atoms with Crippen LogP contribution in [0.4, 0.5) is 0 Å². The van der Waals surface area contributed by atoms with Gasteiger partial charge in [0, 0.05) is 0 Å². The van der Waals surface area contributed by atoms with E-state index < -0.39 is 21.6 Å². The molecule has 1 rings (SSSR count). The predicted octanol–water partition coefficient (Wildman–Crippen LogP) is -4.13. The quantitative estimate of drug-likeness (QED) is 0.360. The summed E-state index contributed by atoms with van der Waals surface area (Å²) < 4.78 is 6.62. The van der Waals surface area contributed by atoms with E-state index in [1.807, 2.05) is 13.0 Å². The molecule has 2 N–H and O–H groups in total. The van der Waals surface area contributed by atoms with Crippen molar-refractivity contribution in [2.24, 2.45) is 5.73 Å². The molecular weight excluding hydrogens is 441 g/mol. The van der Waals surface area contributed by atoms with Gasteiger partial charge in [-0.3, -0.25) is 0 Å². The number of benzene rings is 1. The molecule has 0 aliphatic heterocycles. The van der Waals surface area contributed by atoms with E-state index in [1.165, 1.54) is 11.1 Å². The Bertz CT molecular complexity index is 284. The fourth-order valence-electron chi connectivity index (χ4n) is 1.37. The Labute approximate surface area is 130 Å². The van der Waals surface area contributed by atoms with Gasteiger partial charge in [-0.2, -0.15) is 0 Å². The molecule has 0 amide bonds. The maximum atomic E-state index is 5.90. The van der Waals surface area contributed by atoms with Gasteiger partial charge in [0.2, 0.25) is 0 Å². The van der Waals surface area contributed by atoms with E-state index in [1.54, 1.807) is 0 Å². The van der Waals surface area contributed by atoms with Crippen LogP contribution in [0, 0.1) is 0 Å². The van der Waals surface area contributed by atoms with Gasteiger partial charge in [-0.15, -0.1) is 0 Å². The van der Waals surface area contributed by atoms with Crippen molar-refractivity contribution in [1.82, 2.24) is 0 Å². The first-order valence-corrected chi connectivity index (χ1v) is 8.12. The van der Waals surface area contributed by atoms with Gasteiger partial charge < -0.3 is 34.0 Å². The third kappa shape index (κ3) is 6.59. The summed E-state index contributed by atoms with van der Waals surface area (Å²) in [5.74, 6) is 0. The Balaban J connectivity index is 0. The van der Waals surface area contributed by atoms with Crippen molar-refractivity contribution in [3.8, 4) is 0 Å². The largest absolute Gasteiger partial charge is 1.00 e. The van der Waals surface area contributed by atoms with Crippen LogP contribution in [0.5, 0.6) is 0 Å². The summed E-state index contributed by atoms with van der Waals surface area (Å²) in [6, 6.07) is 8.54. The summed E-state index contributed by atoms with van der Waals surface area (Å²) in [5, 5.41) is 0. The molecule has 0 saturated carbocycles. The van der Waals surface area contributed by atoms with Gasteiger partial charge in [0.1, 0.15) is 0 Å². The molecule has 0 spiro atoms. The minimum absolute atomic E-state index is 0. The molecule has 90 valence electrons. The van der Waals surface area contributed by atoms with Crippen LogP contribution in [0.3, 0.4) is 0 Å². The minimum atomic E-state index is -0.659. The van der Waals surface area contributed by atoms with Crippen LogP contribution < -0.4 is 39.7 Å². The van der Waals surface area contributed by atoms with E-state index in [9.17, 15) is 0 Å². The Morgan fingerprint density at radius 3 is 2.50 bits per heavy atom. The fraction of sp³-hybridized carbons (Fsp3) is 0.455. The molecule has 0 bridgehead atoms. The molecule has 0 saturated heterocycles. The normalized spacial score (nSPS) is 10.7. The number of halogens is 2. The molecule has 0 heterocycles. The Kier molecular flexibility index (Phi) is 13.2. The van der Waals surface area contributed by atoms with Crippen molar-refractivity contribution in [2.45, 2.75) is 24.3 Å². The summed E-state index contributed by atoms with van der Waals surface area (Å²) >= 11 is -0.659.